The van der Waals surface area contributed by atoms with Gasteiger partial charge in [0.2, 0.25) is 0 Å². The molecule has 0 bridgehead atoms. The van der Waals surface area contributed by atoms with Crippen LogP contribution in [0.3, 0.4) is 0 Å². The zero-order valence-electron chi connectivity index (χ0n) is 11.6. The smallest absolute Gasteiger partial charge is 0.0271 e. The number of piperidine rings is 1. The van der Waals surface area contributed by atoms with Crippen LogP contribution in [0.2, 0.25) is 0 Å². The van der Waals surface area contributed by atoms with Crippen molar-refractivity contribution in [2.75, 3.05) is 13.1 Å². The molecule has 1 aromatic heterocycles. The molecule has 2 heterocycles. The fraction of sp³-hybridized carbons (Fsp3) is 0.667. The van der Waals surface area contributed by atoms with Gasteiger partial charge < -0.3 is 5.73 Å². The van der Waals surface area contributed by atoms with E-state index in [9.17, 15) is 0 Å². The number of aromatic nitrogens is 1. The van der Waals surface area contributed by atoms with Gasteiger partial charge in [-0.2, -0.15) is 0 Å². The standard InChI is InChI=1S/C15H25N3/c1-15(2)7-3-13(4-8-16)11-18(15)12-14-5-9-17-10-6-14/h5-6,9-10,13H,3-4,7-8,11-12,16H2,1-2H3. The Morgan fingerprint density at radius 1 is 1.39 bits per heavy atom. The van der Waals surface area contributed by atoms with E-state index in [-0.39, 0.29) is 0 Å². The molecular formula is C15H25N3. The van der Waals surface area contributed by atoms with Crippen molar-refractivity contribution in [3.8, 4) is 0 Å². The van der Waals surface area contributed by atoms with E-state index in [0.717, 1.165) is 25.4 Å². The van der Waals surface area contributed by atoms with E-state index < -0.39 is 0 Å². The molecule has 0 saturated carbocycles. The minimum atomic E-state index is 0.300. The topological polar surface area (TPSA) is 42.1 Å². The molecule has 1 saturated heterocycles. The summed E-state index contributed by atoms with van der Waals surface area (Å²) >= 11 is 0. The predicted octanol–water partition coefficient (Wildman–Crippen LogP) is 2.42. The summed E-state index contributed by atoms with van der Waals surface area (Å²) in [6, 6.07) is 4.23. The maximum atomic E-state index is 5.70. The summed E-state index contributed by atoms with van der Waals surface area (Å²) in [6.07, 6.45) is 7.50. The van der Waals surface area contributed by atoms with Crippen LogP contribution in [-0.2, 0) is 6.54 Å². The Hall–Kier alpha value is -0.930. The van der Waals surface area contributed by atoms with Gasteiger partial charge in [0.1, 0.15) is 0 Å². The Kier molecular flexibility index (Phi) is 4.36. The zero-order valence-corrected chi connectivity index (χ0v) is 11.6. The van der Waals surface area contributed by atoms with Gasteiger partial charge in [0, 0.05) is 31.0 Å². The minimum Gasteiger partial charge on any atom is -0.330 e. The lowest BCUT2D eigenvalue weighted by molar-refractivity contribution is 0.0362. The van der Waals surface area contributed by atoms with Gasteiger partial charge in [0.05, 0.1) is 0 Å². The lowest BCUT2D eigenvalue weighted by atomic mass is 9.83. The quantitative estimate of drug-likeness (QED) is 0.888. The van der Waals surface area contributed by atoms with Crippen molar-refractivity contribution in [1.82, 2.24) is 9.88 Å². The summed E-state index contributed by atoms with van der Waals surface area (Å²) in [5, 5.41) is 0. The Bertz CT molecular complexity index is 361. The molecule has 2 rings (SSSR count). The average Bonchev–Trinajstić information content (AvgIpc) is 2.35. The number of hydrogen-bond donors (Lipinski definition) is 1. The fourth-order valence-electron chi connectivity index (χ4n) is 2.82. The van der Waals surface area contributed by atoms with E-state index in [0.29, 0.717) is 5.54 Å². The summed E-state index contributed by atoms with van der Waals surface area (Å²) in [5.41, 5.74) is 7.35. The highest BCUT2D eigenvalue weighted by molar-refractivity contribution is 5.10. The van der Waals surface area contributed by atoms with E-state index in [1.165, 1.54) is 24.9 Å². The molecule has 0 amide bonds. The zero-order chi connectivity index (χ0) is 13.0. The van der Waals surface area contributed by atoms with Gasteiger partial charge in [-0.05, 0) is 63.3 Å². The maximum Gasteiger partial charge on any atom is 0.0271 e. The molecule has 1 aliphatic rings. The number of hydrogen-bond acceptors (Lipinski definition) is 3. The molecule has 3 nitrogen and oxygen atoms in total. The third-order valence-electron chi connectivity index (χ3n) is 4.20. The normalized spacial score (nSPS) is 24.1. The highest BCUT2D eigenvalue weighted by Crippen LogP contribution is 2.32. The first-order valence-corrected chi connectivity index (χ1v) is 6.96. The van der Waals surface area contributed by atoms with Crippen LogP contribution in [0.5, 0.6) is 0 Å². The molecule has 0 spiro atoms. The summed E-state index contributed by atoms with van der Waals surface area (Å²) < 4.78 is 0. The van der Waals surface area contributed by atoms with Crippen LogP contribution < -0.4 is 5.73 Å². The van der Waals surface area contributed by atoms with Crippen LogP contribution in [0.25, 0.3) is 0 Å². The van der Waals surface area contributed by atoms with Crippen LogP contribution in [-0.4, -0.2) is 28.5 Å². The highest BCUT2D eigenvalue weighted by atomic mass is 15.2. The van der Waals surface area contributed by atoms with Gasteiger partial charge in [-0.25, -0.2) is 0 Å². The van der Waals surface area contributed by atoms with E-state index in [1.54, 1.807) is 0 Å². The number of rotatable bonds is 4. The van der Waals surface area contributed by atoms with Gasteiger partial charge in [-0.15, -0.1) is 0 Å². The van der Waals surface area contributed by atoms with E-state index in [2.05, 4.69) is 35.9 Å². The van der Waals surface area contributed by atoms with E-state index >= 15 is 0 Å². The molecule has 2 N–H and O–H groups in total. The highest BCUT2D eigenvalue weighted by Gasteiger charge is 2.33. The van der Waals surface area contributed by atoms with Gasteiger partial charge in [0.25, 0.3) is 0 Å². The molecule has 18 heavy (non-hydrogen) atoms. The van der Waals surface area contributed by atoms with Crippen molar-refractivity contribution >= 4 is 0 Å². The lowest BCUT2D eigenvalue weighted by Gasteiger charge is -2.45. The molecule has 0 aromatic carbocycles. The number of nitrogens with zero attached hydrogens (tertiary/aromatic N) is 2. The number of likely N-dealkylation sites (tertiary alicyclic amines) is 1. The van der Waals surface area contributed by atoms with Crippen molar-refractivity contribution in [3.05, 3.63) is 30.1 Å². The van der Waals surface area contributed by atoms with Crippen molar-refractivity contribution in [1.29, 1.82) is 0 Å². The van der Waals surface area contributed by atoms with Crippen molar-refractivity contribution in [2.24, 2.45) is 11.7 Å². The molecule has 100 valence electrons. The molecule has 1 aliphatic heterocycles. The Labute approximate surface area is 110 Å². The molecular weight excluding hydrogens is 222 g/mol. The Morgan fingerprint density at radius 3 is 2.78 bits per heavy atom. The number of nitrogens with two attached hydrogens (primary N) is 1. The molecule has 1 atom stereocenters. The molecule has 1 aromatic rings. The molecule has 1 fully saturated rings. The first-order valence-electron chi connectivity index (χ1n) is 6.96. The van der Waals surface area contributed by atoms with Gasteiger partial charge in [0.15, 0.2) is 0 Å². The summed E-state index contributed by atoms with van der Waals surface area (Å²) in [6.45, 7) is 7.72. The fourth-order valence-corrected chi connectivity index (χ4v) is 2.82. The third kappa shape index (κ3) is 3.30. The second kappa shape index (κ2) is 5.81. The summed E-state index contributed by atoms with van der Waals surface area (Å²) in [7, 11) is 0. The van der Waals surface area contributed by atoms with Crippen LogP contribution in [0.15, 0.2) is 24.5 Å². The Morgan fingerprint density at radius 2 is 2.11 bits per heavy atom. The van der Waals surface area contributed by atoms with Crippen molar-refractivity contribution in [2.45, 2.75) is 45.2 Å². The van der Waals surface area contributed by atoms with Crippen molar-refractivity contribution < 1.29 is 0 Å². The van der Waals surface area contributed by atoms with Gasteiger partial charge in [-0.3, -0.25) is 9.88 Å². The molecule has 3 heteroatoms. The lowest BCUT2D eigenvalue weighted by Crippen LogP contribution is -2.50. The van der Waals surface area contributed by atoms with Gasteiger partial charge >= 0.3 is 0 Å². The summed E-state index contributed by atoms with van der Waals surface area (Å²) in [5.74, 6) is 0.768. The molecule has 0 aliphatic carbocycles. The van der Waals surface area contributed by atoms with Crippen LogP contribution in [0.4, 0.5) is 0 Å². The second-order valence-electron chi connectivity index (χ2n) is 6.03. The van der Waals surface area contributed by atoms with E-state index in [4.69, 9.17) is 5.73 Å². The maximum absolute atomic E-state index is 5.70. The van der Waals surface area contributed by atoms with E-state index in [1.807, 2.05) is 12.4 Å². The number of pyridine rings is 1. The van der Waals surface area contributed by atoms with Crippen LogP contribution in [0.1, 0.15) is 38.7 Å². The molecule has 0 radical (unpaired) electrons. The summed E-state index contributed by atoms with van der Waals surface area (Å²) in [4.78, 5) is 6.69. The third-order valence-corrected chi connectivity index (χ3v) is 4.20. The van der Waals surface area contributed by atoms with Gasteiger partial charge in [-0.1, -0.05) is 0 Å². The largest absolute Gasteiger partial charge is 0.330 e. The average molecular weight is 247 g/mol. The second-order valence-corrected chi connectivity index (χ2v) is 6.03. The van der Waals surface area contributed by atoms with Crippen LogP contribution >= 0.6 is 0 Å². The Balaban J connectivity index is 2.03. The first kappa shape index (κ1) is 13.5. The SMILES string of the molecule is CC1(C)CCC(CCN)CN1Cc1ccncc1. The monoisotopic (exact) mass is 247 g/mol. The molecule has 1 unspecified atom stereocenters. The van der Waals surface area contributed by atoms with Crippen LogP contribution in [0, 0.1) is 5.92 Å². The minimum absolute atomic E-state index is 0.300. The predicted molar refractivity (Wildman–Crippen MR) is 75.1 cm³/mol. The first-order chi connectivity index (χ1) is 8.62. The van der Waals surface area contributed by atoms with Crippen molar-refractivity contribution in [3.63, 3.8) is 0 Å².